The van der Waals surface area contributed by atoms with Crippen LogP contribution in [-0.4, -0.2) is 36.1 Å². The van der Waals surface area contributed by atoms with Gasteiger partial charge >= 0.3 is 0 Å². The summed E-state index contributed by atoms with van der Waals surface area (Å²) in [7, 11) is 4.02. The fourth-order valence-electron chi connectivity index (χ4n) is 4.90. The maximum absolute atomic E-state index is 13.0. The Morgan fingerprint density at radius 3 is 2.54 bits per heavy atom. The normalized spacial score (nSPS) is 18.1. The lowest BCUT2D eigenvalue weighted by atomic mass is 9.91. The summed E-state index contributed by atoms with van der Waals surface area (Å²) in [5.74, 6) is 1.61. The predicted octanol–water partition coefficient (Wildman–Crippen LogP) is 4.88. The molecule has 0 unspecified atom stereocenters. The second-order valence-corrected chi connectivity index (χ2v) is 9.63. The molecule has 0 aliphatic heterocycles. The van der Waals surface area contributed by atoms with Crippen LogP contribution in [-0.2, 0) is 13.0 Å². The van der Waals surface area contributed by atoms with Crippen LogP contribution in [0.15, 0.2) is 57.9 Å². The van der Waals surface area contributed by atoms with Gasteiger partial charge in [0.1, 0.15) is 11.4 Å². The second-order valence-electron chi connectivity index (χ2n) is 9.63. The van der Waals surface area contributed by atoms with Crippen molar-refractivity contribution in [2.24, 2.45) is 0 Å². The van der Waals surface area contributed by atoms with E-state index in [-0.39, 0.29) is 5.43 Å². The number of para-hydroxylation sites is 1. The average Bonchev–Trinajstić information content (AvgIpc) is 2.88. The van der Waals surface area contributed by atoms with E-state index < -0.39 is 0 Å². The summed E-state index contributed by atoms with van der Waals surface area (Å²) < 4.78 is 5.74. The van der Waals surface area contributed by atoms with Gasteiger partial charge < -0.3 is 20.0 Å². The molecular weight excluding hydrogens is 438 g/mol. The molecule has 0 atom stereocenters. The van der Waals surface area contributed by atoms with Crippen molar-refractivity contribution in [2.75, 3.05) is 24.3 Å². The molecule has 2 N–H and O–H groups in total. The molecular formula is C28H33N5O2. The first kappa shape index (κ1) is 23.3. The predicted molar refractivity (Wildman–Crippen MR) is 142 cm³/mol. The first-order chi connectivity index (χ1) is 17.0. The number of rotatable bonds is 7. The van der Waals surface area contributed by atoms with Crippen molar-refractivity contribution in [1.29, 1.82) is 0 Å². The first-order valence-electron chi connectivity index (χ1n) is 12.5. The molecule has 5 rings (SSSR count). The molecule has 4 aromatic rings. The van der Waals surface area contributed by atoms with E-state index in [0.29, 0.717) is 41.1 Å². The van der Waals surface area contributed by atoms with E-state index in [0.717, 1.165) is 54.4 Å². The molecule has 7 nitrogen and oxygen atoms in total. The number of nitrogens with one attached hydrogen (secondary N) is 2. The highest BCUT2D eigenvalue weighted by Gasteiger charge is 2.22. The number of hydrogen-bond acceptors (Lipinski definition) is 7. The molecule has 1 fully saturated rings. The molecule has 0 bridgehead atoms. The van der Waals surface area contributed by atoms with Gasteiger partial charge in [-0.2, -0.15) is 4.98 Å². The monoisotopic (exact) mass is 471 g/mol. The van der Waals surface area contributed by atoms with Crippen molar-refractivity contribution in [3.63, 3.8) is 0 Å². The Bertz CT molecular complexity index is 1390. The fraction of sp³-hybridized carbons (Fsp3) is 0.393. The third kappa shape index (κ3) is 5.00. The third-order valence-corrected chi connectivity index (χ3v) is 6.96. The van der Waals surface area contributed by atoms with Crippen molar-refractivity contribution in [2.45, 2.75) is 57.7 Å². The Labute approximate surface area is 205 Å². The van der Waals surface area contributed by atoms with Crippen LogP contribution in [0.25, 0.3) is 21.9 Å². The molecule has 0 amide bonds. The number of aromatic nitrogens is 2. The fourth-order valence-corrected chi connectivity index (χ4v) is 4.90. The zero-order valence-electron chi connectivity index (χ0n) is 20.7. The number of benzene rings is 2. The van der Waals surface area contributed by atoms with E-state index >= 15 is 0 Å². The molecule has 182 valence electrons. The van der Waals surface area contributed by atoms with Gasteiger partial charge in [0.2, 0.25) is 5.95 Å². The molecule has 0 spiro atoms. The van der Waals surface area contributed by atoms with Gasteiger partial charge in [-0.15, -0.1) is 0 Å². The maximum Gasteiger partial charge on any atom is 0.225 e. The average molecular weight is 472 g/mol. The van der Waals surface area contributed by atoms with Crippen molar-refractivity contribution >= 4 is 33.6 Å². The summed E-state index contributed by atoms with van der Waals surface area (Å²) in [5, 5.41) is 8.87. The van der Waals surface area contributed by atoms with Crippen LogP contribution in [0.3, 0.4) is 0 Å². The number of fused-ring (bicyclic) bond motifs is 2. The molecule has 2 heterocycles. The Balaban J connectivity index is 1.20. The summed E-state index contributed by atoms with van der Waals surface area (Å²) in [6.07, 6.45) is 6.62. The van der Waals surface area contributed by atoms with Crippen LogP contribution in [0.2, 0.25) is 0 Å². The van der Waals surface area contributed by atoms with E-state index in [1.54, 1.807) is 6.26 Å². The van der Waals surface area contributed by atoms with Gasteiger partial charge in [-0.3, -0.25) is 4.79 Å². The van der Waals surface area contributed by atoms with Crippen molar-refractivity contribution in [3.8, 4) is 0 Å². The summed E-state index contributed by atoms with van der Waals surface area (Å²) in [4.78, 5) is 24.5. The van der Waals surface area contributed by atoms with Gasteiger partial charge in [0.15, 0.2) is 5.43 Å². The molecule has 1 aliphatic rings. The molecule has 0 radical (unpaired) electrons. The quantitative estimate of drug-likeness (QED) is 0.398. The highest BCUT2D eigenvalue weighted by molar-refractivity contribution is 5.90. The Morgan fingerprint density at radius 1 is 1.00 bits per heavy atom. The van der Waals surface area contributed by atoms with Gasteiger partial charge in [0, 0.05) is 43.7 Å². The summed E-state index contributed by atoms with van der Waals surface area (Å²) in [6.45, 7) is 2.62. The third-order valence-electron chi connectivity index (χ3n) is 6.96. The number of aryl methyl sites for hydroxylation is 1. The second kappa shape index (κ2) is 10.0. The van der Waals surface area contributed by atoms with Crippen LogP contribution < -0.4 is 21.0 Å². The minimum atomic E-state index is 0.0644. The zero-order chi connectivity index (χ0) is 24.4. The van der Waals surface area contributed by atoms with Crippen molar-refractivity contribution < 1.29 is 4.42 Å². The molecule has 2 aromatic carbocycles. The van der Waals surface area contributed by atoms with Crippen LogP contribution in [0.5, 0.6) is 0 Å². The number of hydrogen-bond donors (Lipinski definition) is 2. The Morgan fingerprint density at radius 2 is 1.77 bits per heavy atom. The van der Waals surface area contributed by atoms with Gasteiger partial charge in [-0.05, 0) is 61.9 Å². The SMILES string of the molecule is CCc1ccc2occ(CNC3CCC(Nc4nc(N(C)C)c5ccccc5n4)CC3)c(=O)c2c1. The smallest absolute Gasteiger partial charge is 0.225 e. The number of nitrogens with zero attached hydrogens (tertiary/aromatic N) is 3. The minimum Gasteiger partial charge on any atom is -0.464 e. The van der Waals surface area contributed by atoms with Crippen molar-refractivity contribution in [3.05, 3.63) is 70.1 Å². The summed E-state index contributed by atoms with van der Waals surface area (Å²) >= 11 is 0. The highest BCUT2D eigenvalue weighted by atomic mass is 16.3. The largest absolute Gasteiger partial charge is 0.464 e. The molecule has 1 saturated carbocycles. The standard InChI is InChI=1S/C28H33N5O2/c1-4-18-9-14-25-23(15-18)26(34)19(17-35-25)16-29-20-10-12-21(13-11-20)30-28-31-24-8-6-5-7-22(24)27(32-28)33(2)3/h5-9,14-15,17,20-21,29H,4,10-13,16H2,1-3H3,(H,30,31,32). The molecule has 1 aliphatic carbocycles. The highest BCUT2D eigenvalue weighted by Crippen LogP contribution is 2.26. The maximum atomic E-state index is 13.0. The summed E-state index contributed by atoms with van der Waals surface area (Å²) in [6, 6.07) is 14.7. The van der Waals surface area contributed by atoms with Gasteiger partial charge in [-0.25, -0.2) is 4.98 Å². The minimum absolute atomic E-state index is 0.0644. The Hall–Kier alpha value is -3.45. The van der Waals surface area contributed by atoms with Crippen LogP contribution in [0.1, 0.15) is 43.7 Å². The number of anilines is 2. The van der Waals surface area contributed by atoms with Gasteiger partial charge in [-0.1, -0.05) is 25.1 Å². The van der Waals surface area contributed by atoms with Crippen molar-refractivity contribution in [1.82, 2.24) is 15.3 Å². The van der Waals surface area contributed by atoms with E-state index in [4.69, 9.17) is 14.4 Å². The molecule has 7 heteroatoms. The van der Waals surface area contributed by atoms with Gasteiger partial charge in [0.25, 0.3) is 0 Å². The summed E-state index contributed by atoms with van der Waals surface area (Å²) in [5.41, 5.74) is 3.50. The van der Waals surface area contributed by atoms with Crippen LogP contribution in [0, 0.1) is 0 Å². The van der Waals surface area contributed by atoms with Gasteiger partial charge in [0.05, 0.1) is 17.2 Å². The van der Waals surface area contributed by atoms with E-state index in [1.807, 2.05) is 55.4 Å². The van der Waals surface area contributed by atoms with E-state index in [9.17, 15) is 4.79 Å². The molecule has 35 heavy (non-hydrogen) atoms. The molecule has 2 aromatic heterocycles. The first-order valence-corrected chi connectivity index (χ1v) is 12.5. The lowest BCUT2D eigenvalue weighted by Gasteiger charge is -2.30. The van der Waals surface area contributed by atoms with E-state index in [1.165, 1.54) is 0 Å². The van der Waals surface area contributed by atoms with Crippen LogP contribution in [0.4, 0.5) is 11.8 Å². The Kier molecular flexibility index (Phi) is 6.68. The lowest BCUT2D eigenvalue weighted by Crippen LogP contribution is -2.37. The van der Waals surface area contributed by atoms with E-state index in [2.05, 4.69) is 23.6 Å². The lowest BCUT2D eigenvalue weighted by molar-refractivity contribution is 0.351. The zero-order valence-corrected chi connectivity index (χ0v) is 20.7. The van der Waals surface area contributed by atoms with Crippen LogP contribution >= 0.6 is 0 Å². The molecule has 0 saturated heterocycles. The topological polar surface area (TPSA) is 83.3 Å².